The average molecular weight is 414 g/mol. The van der Waals surface area contributed by atoms with E-state index in [-0.39, 0.29) is 24.2 Å². The van der Waals surface area contributed by atoms with Crippen LogP contribution >= 0.6 is 12.4 Å². The Hall–Kier alpha value is -2.37. The molecular formula is C23H28ClN3O2. The van der Waals surface area contributed by atoms with Gasteiger partial charge in [-0.05, 0) is 80.6 Å². The number of anilines is 2. The lowest BCUT2D eigenvalue weighted by Crippen LogP contribution is -2.28. The smallest absolute Gasteiger partial charge is 0.258 e. The Morgan fingerprint density at radius 3 is 2.52 bits per heavy atom. The maximum absolute atomic E-state index is 12.9. The summed E-state index contributed by atoms with van der Waals surface area (Å²) in [4.78, 5) is 26.9. The van der Waals surface area contributed by atoms with Crippen LogP contribution < -0.4 is 15.5 Å². The third-order valence-corrected chi connectivity index (χ3v) is 5.79. The summed E-state index contributed by atoms with van der Waals surface area (Å²) in [5.41, 5.74) is 3.61. The zero-order valence-electron chi connectivity index (χ0n) is 16.5. The van der Waals surface area contributed by atoms with E-state index in [1.54, 1.807) is 12.1 Å². The standard InChI is InChI=1S/C23H27N3O2.ClH/c27-22(10-5-17-11-14-24-15-12-17)25-20-8-6-19(7-9-20)23(28)26-16-13-18-3-1-2-4-21(18)26;/h1-4,6-9,17,24H,5,10-16H2,(H,25,27);1H. The van der Waals surface area contributed by atoms with Crippen molar-refractivity contribution in [1.29, 1.82) is 0 Å². The minimum atomic E-state index is 0. The van der Waals surface area contributed by atoms with Gasteiger partial charge < -0.3 is 15.5 Å². The van der Waals surface area contributed by atoms with Crippen LogP contribution in [0.15, 0.2) is 48.5 Å². The average Bonchev–Trinajstić information content (AvgIpc) is 3.17. The topological polar surface area (TPSA) is 61.4 Å². The summed E-state index contributed by atoms with van der Waals surface area (Å²) in [5.74, 6) is 0.704. The normalized spacial score (nSPS) is 16.1. The van der Waals surface area contributed by atoms with Gasteiger partial charge >= 0.3 is 0 Å². The molecule has 2 aliphatic rings. The van der Waals surface area contributed by atoms with Crippen molar-refractivity contribution < 1.29 is 9.59 Å². The highest BCUT2D eigenvalue weighted by Crippen LogP contribution is 2.29. The number of carbonyl (C=O) groups is 2. The molecule has 29 heavy (non-hydrogen) atoms. The molecule has 2 aliphatic heterocycles. The van der Waals surface area contributed by atoms with Crippen LogP contribution in [0.25, 0.3) is 0 Å². The van der Waals surface area contributed by atoms with Crippen molar-refractivity contribution in [2.24, 2.45) is 5.92 Å². The van der Waals surface area contributed by atoms with E-state index in [4.69, 9.17) is 0 Å². The van der Waals surface area contributed by atoms with E-state index in [1.807, 2.05) is 35.2 Å². The van der Waals surface area contributed by atoms with E-state index in [2.05, 4.69) is 16.7 Å². The molecular weight excluding hydrogens is 386 g/mol. The van der Waals surface area contributed by atoms with E-state index in [0.717, 1.165) is 50.1 Å². The van der Waals surface area contributed by atoms with Gasteiger partial charge in [-0.3, -0.25) is 9.59 Å². The van der Waals surface area contributed by atoms with Crippen molar-refractivity contribution in [3.05, 3.63) is 59.7 Å². The largest absolute Gasteiger partial charge is 0.326 e. The number of benzene rings is 2. The van der Waals surface area contributed by atoms with Gasteiger partial charge in [0.15, 0.2) is 0 Å². The number of piperidine rings is 1. The van der Waals surface area contributed by atoms with Gasteiger partial charge in [-0.2, -0.15) is 0 Å². The molecule has 2 amide bonds. The van der Waals surface area contributed by atoms with E-state index in [9.17, 15) is 9.59 Å². The highest BCUT2D eigenvalue weighted by atomic mass is 35.5. The summed E-state index contributed by atoms with van der Waals surface area (Å²) in [7, 11) is 0. The second kappa shape index (κ2) is 9.90. The predicted octanol–water partition coefficient (Wildman–Crippen LogP) is 4.03. The van der Waals surface area contributed by atoms with E-state index in [1.165, 1.54) is 5.56 Å². The molecule has 0 atom stereocenters. The van der Waals surface area contributed by atoms with E-state index >= 15 is 0 Å². The third-order valence-electron chi connectivity index (χ3n) is 5.79. The summed E-state index contributed by atoms with van der Waals surface area (Å²) in [6.07, 6.45) is 4.70. The van der Waals surface area contributed by atoms with Crippen molar-refractivity contribution in [3.63, 3.8) is 0 Å². The number of para-hydroxylation sites is 1. The monoisotopic (exact) mass is 413 g/mol. The van der Waals surface area contributed by atoms with Gasteiger partial charge in [0.05, 0.1) is 0 Å². The number of hydrogen-bond acceptors (Lipinski definition) is 3. The summed E-state index contributed by atoms with van der Waals surface area (Å²) in [5, 5.41) is 6.30. The van der Waals surface area contributed by atoms with Crippen LogP contribution in [0.5, 0.6) is 0 Å². The lowest BCUT2D eigenvalue weighted by atomic mass is 9.93. The molecule has 0 radical (unpaired) electrons. The minimum absolute atomic E-state index is 0. The van der Waals surface area contributed by atoms with Crippen molar-refractivity contribution in [2.75, 3.05) is 29.9 Å². The fourth-order valence-electron chi connectivity index (χ4n) is 4.13. The lowest BCUT2D eigenvalue weighted by Gasteiger charge is -2.22. The number of nitrogens with zero attached hydrogens (tertiary/aromatic N) is 1. The molecule has 1 saturated heterocycles. The molecule has 0 unspecified atom stereocenters. The minimum Gasteiger partial charge on any atom is -0.326 e. The summed E-state index contributed by atoms with van der Waals surface area (Å²) in [6, 6.07) is 15.3. The number of nitrogens with one attached hydrogen (secondary N) is 2. The zero-order valence-corrected chi connectivity index (χ0v) is 17.3. The molecule has 0 aliphatic carbocycles. The van der Waals surface area contributed by atoms with Crippen LogP contribution in [0, 0.1) is 5.92 Å². The highest BCUT2D eigenvalue weighted by Gasteiger charge is 2.25. The molecule has 4 rings (SSSR count). The van der Waals surface area contributed by atoms with Gasteiger partial charge in [0.1, 0.15) is 0 Å². The molecule has 154 valence electrons. The first-order valence-electron chi connectivity index (χ1n) is 10.2. The van der Waals surface area contributed by atoms with Crippen molar-refractivity contribution in [2.45, 2.75) is 32.1 Å². The van der Waals surface area contributed by atoms with Gasteiger partial charge in [0, 0.05) is 29.9 Å². The highest BCUT2D eigenvalue weighted by molar-refractivity contribution is 6.07. The number of hydrogen-bond donors (Lipinski definition) is 2. The van der Waals surface area contributed by atoms with Crippen LogP contribution in [0.3, 0.4) is 0 Å². The van der Waals surface area contributed by atoms with Crippen LogP contribution in [0.1, 0.15) is 41.6 Å². The summed E-state index contributed by atoms with van der Waals surface area (Å²) >= 11 is 0. The van der Waals surface area contributed by atoms with Crippen LogP contribution in [-0.2, 0) is 11.2 Å². The van der Waals surface area contributed by atoms with Crippen LogP contribution in [0.2, 0.25) is 0 Å². The lowest BCUT2D eigenvalue weighted by molar-refractivity contribution is -0.116. The van der Waals surface area contributed by atoms with Gasteiger partial charge in [0.2, 0.25) is 5.91 Å². The third kappa shape index (κ3) is 5.17. The molecule has 0 aromatic heterocycles. The Labute approximate surface area is 178 Å². The van der Waals surface area contributed by atoms with Crippen LogP contribution in [0.4, 0.5) is 11.4 Å². The number of rotatable bonds is 5. The van der Waals surface area contributed by atoms with Crippen molar-refractivity contribution >= 4 is 35.6 Å². The van der Waals surface area contributed by atoms with Gasteiger partial charge in [0.25, 0.3) is 5.91 Å². The predicted molar refractivity (Wildman–Crippen MR) is 119 cm³/mol. The number of halogens is 1. The first-order valence-corrected chi connectivity index (χ1v) is 10.2. The Morgan fingerprint density at radius 2 is 1.76 bits per heavy atom. The second-order valence-corrected chi connectivity index (χ2v) is 7.69. The molecule has 0 saturated carbocycles. The quantitative estimate of drug-likeness (QED) is 0.777. The molecule has 5 nitrogen and oxygen atoms in total. The molecule has 2 N–H and O–H groups in total. The number of fused-ring (bicyclic) bond motifs is 1. The van der Waals surface area contributed by atoms with Crippen LogP contribution in [-0.4, -0.2) is 31.4 Å². The summed E-state index contributed by atoms with van der Waals surface area (Å²) in [6.45, 7) is 2.83. The molecule has 0 spiro atoms. The number of amides is 2. The SMILES string of the molecule is Cl.O=C(CCC1CCNCC1)Nc1ccc(C(=O)N2CCc3ccccc32)cc1. The molecule has 2 aromatic carbocycles. The van der Waals surface area contributed by atoms with Gasteiger partial charge in [-0.15, -0.1) is 12.4 Å². The van der Waals surface area contributed by atoms with Gasteiger partial charge in [-0.1, -0.05) is 18.2 Å². The molecule has 2 aromatic rings. The molecule has 1 fully saturated rings. The van der Waals surface area contributed by atoms with E-state index in [0.29, 0.717) is 24.4 Å². The van der Waals surface area contributed by atoms with Crippen molar-refractivity contribution in [1.82, 2.24) is 5.32 Å². The zero-order chi connectivity index (χ0) is 19.3. The van der Waals surface area contributed by atoms with Gasteiger partial charge in [-0.25, -0.2) is 0 Å². The number of carbonyl (C=O) groups excluding carboxylic acids is 2. The first-order chi connectivity index (χ1) is 13.7. The molecule has 0 bridgehead atoms. The maximum atomic E-state index is 12.9. The first kappa shape index (κ1) is 21.3. The Kier molecular flexibility index (Phi) is 7.29. The fourth-order valence-corrected chi connectivity index (χ4v) is 4.13. The second-order valence-electron chi connectivity index (χ2n) is 7.69. The Bertz CT molecular complexity index is 847. The maximum Gasteiger partial charge on any atom is 0.258 e. The molecule has 6 heteroatoms. The van der Waals surface area contributed by atoms with Crippen molar-refractivity contribution in [3.8, 4) is 0 Å². The Morgan fingerprint density at radius 1 is 1.03 bits per heavy atom. The summed E-state index contributed by atoms with van der Waals surface area (Å²) < 4.78 is 0. The molecule has 2 heterocycles. The van der Waals surface area contributed by atoms with E-state index < -0.39 is 0 Å². The Balaban J connectivity index is 0.00000240. The fraction of sp³-hybridized carbons (Fsp3) is 0.391.